The predicted molar refractivity (Wildman–Crippen MR) is 107 cm³/mol. The van der Waals surface area contributed by atoms with Gasteiger partial charge in [0.05, 0.1) is 13.5 Å². The summed E-state index contributed by atoms with van der Waals surface area (Å²) in [6.45, 7) is 4.34. The molecule has 0 unspecified atom stereocenters. The van der Waals surface area contributed by atoms with Crippen molar-refractivity contribution in [3.8, 4) is 5.75 Å². The highest BCUT2D eigenvalue weighted by molar-refractivity contribution is 5.88. The molecule has 1 atom stereocenters. The first-order valence-corrected chi connectivity index (χ1v) is 9.18. The molecule has 0 aliphatic rings. The van der Waals surface area contributed by atoms with Gasteiger partial charge in [-0.1, -0.05) is 48.9 Å². The molecule has 2 amide bonds. The molecule has 0 saturated carbocycles. The molecule has 2 aromatic carbocycles. The number of hydrogen-bond donors (Lipinski definition) is 1. The van der Waals surface area contributed by atoms with Crippen molar-refractivity contribution in [1.29, 1.82) is 0 Å². The summed E-state index contributed by atoms with van der Waals surface area (Å²) in [5, 5.41) is 2.68. The van der Waals surface area contributed by atoms with Crippen LogP contribution in [-0.2, 0) is 22.6 Å². The maximum atomic E-state index is 13.1. The Bertz CT molecular complexity index is 771. The van der Waals surface area contributed by atoms with Crippen LogP contribution in [0.2, 0.25) is 0 Å². The van der Waals surface area contributed by atoms with Crippen molar-refractivity contribution in [2.75, 3.05) is 14.2 Å². The summed E-state index contributed by atoms with van der Waals surface area (Å²) in [5.41, 5.74) is 3.03. The number of nitrogens with one attached hydrogen (secondary N) is 1. The zero-order chi connectivity index (χ0) is 19.8. The average Bonchev–Trinajstić information content (AvgIpc) is 2.68. The number of methoxy groups -OCH3 is 1. The van der Waals surface area contributed by atoms with E-state index in [4.69, 9.17) is 4.74 Å². The van der Waals surface area contributed by atoms with E-state index in [1.54, 1.807) is 19.1 Å². The molecule has 27 heavy (non-hydrogen) atoms. The van der Waals surface area contributed by atoms with Crippen LogP contribution in [0, 0.1) is 6.92 Å². The Labute approximate surface area is 161 Å². The second-order valence-corrected chi connectivity index (χ2v) is 6.57. The molecule has 0 spiro atoms. The number of benzene rings is 2. The summed E-state index contributed by atoms with van der Waals surface area (Å²) in [7, 11) is 3.21. The number of ether oxygens (including phenoxy) is 1. The average molecular weight is 368 g/mol. The minimum Gasteiger partial charge on any atom is -0.497 e. The zero-order valence-corrected chi connectivity index (χ0v) is 16.5. The van der Waals surface area contributed by atoms with E-state index in [-0.39, 0.29) is 18.2 Å². The highest BCUT2D eigenvalue weighted by atomic mass is 16.5. The van der Waals surface area contributed by atoms with E-state index in [0.717, 1.165) is 22.4 Å². The fourth-order valence-electron chi connectivity index (χ4n) is 3.11. The molecule has 0 heterocycles. The molecule has 144 valence electrons. The van der Waals surface area contributed by atoms with E-state index in [1.165, 1.54) is 0 Å². The van der Waals surface area contributed by atoms with Crippen molar-refractivity contribution in [2.24, 2.45) is 0 Å². The Balaban J connectivity index is 2.25. The Kier molecular flexibility index (Phi) is 7.41. The molecule has 0 fully saturated rings. The molecule has 1 N–H and O–H groups in total. The van der Waals surface area contributed by atoms with Gasteiger partial charge in [-0.2, -0.15) is 0 Å². The van der Waals surface area contributed by atoms with Gasteiger partial charge in [0.15, 0.2) is 0 Å². The summed E-state index contributed by atoms with van der Waals surface area (Å²) in [4.78, 5) is 27.1. The second kappa shape index (κ2) is 9.76. The lowest BCUT2D eigenvalue weighted by atomic mass is 10.1. The van der Waals surface area contributed by atoms with Crippen LogP contribution in [0.5, 0.6) is 5.75 Å². The van der Waals surface area contributed by atoms with Gasteiger partial charge in [0.1, 0.15) is 11.8 Å². The van der Waals surface area contributed by atoms with Gasteiger partial charge in [-0.05, 0) is 36.6 Å². The summed E-state index contributed by atoms with van der Waals surface area (Å²) in [6.07, 6.45) is 0.795. The standard InChI is InChI=1S/C22H28N2O3/c1-5-20(22(26)23-3)24(15-18-8-6-7-16(2)13-18)21(25)14-17-9-11-19(27-4)12-10-17/h6-13,20H,5,14-15H2,1-4H3,(H,23,26)/t20-/m0/s1. The largest absolute Gasteiger partial charge is 0.497 e. The van der Waals surface area contributed by atoms with Crippen molar-refractivity contribution in [3.05, 3.63) is 65.2 Å². The predicted octanol–water partition coefficient (Wildman–Crippen LogP) is 3.10. The molecule has 5 nitrogen and oxygen atoms in total. The van der Waals surface area contributed by atoms with Crippen LogP contribution in [0.15, 0.2) is 48.5 Å². The van der Waals surface area contributed by atoms with Gasteiger partial charge in [-0.3, -0.25) is 9.59 Å². The third-order valence-electron chi connectivity index (χ3n) is 4.58. The van der Waals surface area contributed by atoms with E-state index >= 15 is 0 Å². The zero-order valence-electron chi connectivity index (χ0n) is 16.5. The molecular formula is C22H28N2O3. The molecule has 0 aromatic heterocycles. The van der Waals surface area contributed by atoms with E-state index in [1.807, 2.05) is 62.4 Å². The number of aryl methyl sites for hydroxylation is 1. The molecular weight excluding hydrogens is 340 g/mol. The van der Waals surface area contributed by atoms with Crippen LogP contribution in [-0.4, -0.2) is 36.9 Å². The molecule has 5 heteroatoms. The molecule has 0 saturated heterocycles. The maximum Gasteiger partial charge on any atom is 0.242 e. The molecule has 0 aliphatic carbocycles. The fraction of sp³-hybridized carbons (Fsp3) is 0.364. The van der Waals surface area contributed by atoms with E-state index in [2.05, 4.69) is 5.32 Å². The lowest BCUT2D eigenvalue weighted by Gasteiger charge is -2.30. The van der Waals surface area contributed by atoms with Gasteiger partial charge in [-0.15, -0.1) is 0 Å². The molecule has 2 rings (SSSR count). The third kappa shape index (κ3) is 5.58. The van der Waals surface area contributed by atoms with Crippen molar-refractivity contribution in [2.45, 2.75) is 39.3 Å². The van der Waals surface area contributed by atoms with Crippen LogP contribution in [0.3, 0.4) is 0 Å². The summed E-state index contributed by atoms with van der Waals surface area (Å²) in [5.74, 6) is 0.532. The summed E-state index contributed by atoms with van der Waals surface area (Å²) >= 11 is 0. The number of amides is 2. The first-order chi connectivity index (χ1) is 13.0. The van der Waals surface area contributed by atoms with Gasteiger partial charge in [0.25, 0.3) is 0 Å². The lowest BCUT2D eigenvalue weighted by Crippen LogP contribution is -2.48. The number of nitrogens with zero attached hydrogens (tertiary/aromatic N) is 1. The topological polar surface area (TPSA) is 58.6 Å². The van der Waals surface area contributed by atoms with Crippen molar-refractivity contribution in [3.63, 3.8) is 0 Å². The quantitative estimate of drug-likeness (QED) is 0.779. The van der Waals surface area contributed by atoms with Crippen LogP contribution in [0.4, 0.5) is 0 Å². The van der Waals surface area contributed by atoms with Crippen molar-refractivity contribution in [1.82, 2.24) is 10.2 Å². The monoisotopic (exact) mass is 368 g/mol. The summed E-state index contributed by atoms with van der Waals surface area (Å²) in [6, 6.07) is 14.9. The van der Waals surface area contributed by atoms with Crippen molar-refractivity contribution < 1.29 is 14.3 Å². The fourth-order valence-corrected chi connectivity index (χ4v) is 3.11. The van der Waals surface area contributed by atoms with E-state index < -0.39 is 6.04 Å². The number of likely N-dealkylation sites (N-methyl/N-ethyl adjacent to an activating group) is 1. The van der Waals surface area contributed by atoms with Crippen LogP contribution < -0.4 is 10.1 Å². The SMILES string of the molecule is CC[C@@H](C(=O)NC)N(Cc1cccc(C)c1)C(=O)Cc1ccc(OC)cc1. The first kappa shape index (κ1) is 20.5. The van der Waals surface area contributed by atoms with E-state index in [9.17, 15) is 9.59 Å². The van der Waals surface area contributed by atoms with Crippen molar-refractivity contribution >= 4 is 11.8 Å². The maximum absolute atomic E-state index is 13.1. The van der Waals surface area contributed by atoms with Gasteiger partial charge in [-0.25, -0.2) is 0 Å². The number of carbonyl (C=O) groups excluding carboxylic acids is 2. The van der Waals surface area contributed by atoms with Crippen LogP contribution in [0.25, 0.3) is 0 Å². The Morgan fingerprint density at radius 2 is 1.81 bits per heavy atom. The van der Waals surface area contributed by atoms with Crippen LogP contribution in [0.1, 0.15) is 30.0 Å². The Morgan fingerprint density at radius 3 is 2.37 bits per heavy atom. The van der Waals surface area contributed by atoms with Gasteiger partial charge in [0, 0.05) is 13.6 Å². The van der Waals surface area contributed by atoms with Gasteiger partial charge in [0.2, 0.25) is 11.8 Å². The molecule has 0 radical (unpaired) electrons. The highest BCUT2D eigenvalue weighted by Crippen LogP contribution is 2.17. The number of carbonyl (C=O) groups is 2. The minimum absolute atomic E-state index is 0.0721. The number of rotatable bonds is 8. The van der Waals surface area contributed by atoms with Gasteiger partial charge < -0.3 is 15.0 Å². The minimum atomic E-state index is -0.499. The summed E-state index contributed by atoms with van der Waals surface area (Å²) < 4.78 is 5.17. The van der Waals surface area contributed by atoms with Crippen LogP contribution >= 0.6 is 0 Å². The first-order valence-electron chi connectivity index (χ1n) is 9.18. The smallest absolute Gasteiger partial charge is 0.242 e. The normalized spacial score (nSPS) is 11.6. The van der Waals surface area contributed by atoms with Gasteiger partial charge >= 0.3 is 0 Å². The second-order valence-electron chi connectivity index (χ2n) is 6.57. The molecule has 0 aliphatic heterocycles. The third-order valence-corrected chi connectivity index (χ3v) is 4.58. The Hall–Kier alpha value is -2.82. The van der Waals surface area contributed by atoms with E-state index in [0.29, 0.717) is 13.0 Å². The highest BCUT2D eigenvalue weighted by Gasteiger charge is 2.28. The Morgan fingerprint density at radius 1 is 1.11 bits per heavy atom. The molecule has 0 bridgehead atoms. The lowest BCUT2D eigenvalue weighted by molar-refractivity contribution is -0.140. The molecule has 2 aromatic rings. The number of hydrogen-bond acceptors (Lipinski definition) is 3.